The summed E-state index contributed by atoms with van der Waals surface area (Å²) in [4.78, 5) is 13.9. The van der Waals surface area contributed by atoms with Crippen molar-refractivity contribution in [3.8, 4) is 0 Å². The number of carbonyl (C=O) groups is 1. The highest BCUT2D eigenvalue weighted by molar-refractivity contribution is 5.87. The van der Waals surface area contributed by atoms with E-state index in [9.17, 15) is 9.18 Å². The van der Waals surface area contributed by atoms with E-state index in [0.29, 0.717) is 31.8 Å². The summed E-state index contributed by atoms with van der Waals surface area (Å²) in [7, 11) is 0. The van der Waals surface area contributed by atoms with Gasteiger partial charge >= 0.3 is 0 Å². The van der Waals surface area contributed by atoms with Gasteiger partial charge in [0.05, 0.1) is 13.1 Å². The predicted octanol–water partition coefficient (Wildman–Crippen LogP) is 2.31. The van der Waals surface area contributed by atoms with Crippen LogP contribution in [0.1, 0.15) is 44.9 Å². The Hall–Kier alpha value is -0.680. The van der Waals surface area contributed by atoms with Crippen LogP contribution in [0.2, 0.25) is 0 Å². The van der Waals surface area contributed by atoms with Crippen LogP contribution in [-0.4, -0.2) is 55.0 Å². The highest BCUT2D eigenvalue weighted by Crippen LogP contribution is 2.45. The van der Waals surface area contributed by atoms with Gasteiger partial charge in [0.2, 0.25) is 0 Å². The number of amides is 1. The Balaban J connectivity index is 1.25. The predicted molar refractivity (Wildman–Crippen MR) is 79.2 cm³/mol. The van der Waals surface area contributed by atoms with Crippen LogP contribution in [0.4, 0.5) is 4.39 Å². The van der Waals surface area contributed by atoms with E-state index >= 15 is 0 Å². The fraction of sp³-hybridized carbons (Fsp3) is 0.941. The highest BCUT2D eigenvalue weighted by Gasteiger charge is 2.58. The van der Waals surface area contributed by atoms with Crippen molar-refractivity contribution in [2.75, 3.05) is 32.9 Å². The topological polar surface area (TPSA) is 38.8 Å². The lowest BCUT2D eigenvalue weighted by Crippen LogP contribution is -2.69. The Bertz CT molecular complexity index is 441. The smallest absolute Gasteiger partial charge is 0.260 e. The van der Waals surface area contributed by atoms with Gasteiger partial charge in [-0.05, 0) is 56.8 Å². The molecule has 5 heteroatoms. The van der Waals surface area contributed by atoms with Gasteiger partial charge in [0.1, 0.15) is 5.60 Å². The average molecular weight is 311 g/mol. The molecule has 4 aliphatic rings. The molecule has 4 rings (SSSR count). The molecule has 0 radical (unpaired) electrons. The molecule has 0 aromatic heterocycles. The third-order valence-corrected chi connectivity index (χ3v) is 5.99. The molecule has 0 N–H and O–H groups in total. The first-order valence-electron chi connectivity index (χ1n) is 8.81. The number of likely N-dealkylation sites (tertiary alicyclic amines) is 1. The van der Waals surface area contributed by atoms with Crippen LogP contribution in [0.15, 0.2) is 0 Å². The van der Waals surface area contributed by atoms with Crippen molar-refractivity contribution in [3.63, 3.8) is 0 Å². The zero-order valence-electron chi connectivity index (χ0n) is 13.2. The maximum atomic E-state index is 14.2. The molecule has 2 aliphatic carbocycles. The lowest BCUT2D eigenvalue weighted by atomic mass is 9.75. The molecule has 2 heterocycles. The highest BCUT2D eigenvalue weighted by atomic mass is 19.1. The summed E-state index contributed by atoms with van der Waals surface area (Å²) >= 11 is 0. The first-order valence-corrected chi connectivity index (χ1v) is 8.81. The van der Waals surface area contributed by atoms with Gasteiger partial charge in [-0.3, -0.25) is 4.79 Å². The zero-order valence-corrected chi connectivity index (χ0v) is 13.2. The molecule has 2 saturated carbocycles. The monoisotopic (exact) mass is 311 g/mol. The minimum Gasteiger partial charge on any atom is -0.381 e. The number of hydrogen-bond acceptors (Lipinski definition) is 3. The number of carbonyl (C=O) groups excluding carboxylic acids is 1. The quantitative estimate of drug-likeness (QED) is 0.707. The fourth-order valence-electron chi connectivity index (χ4n) is 4.03. The van der Waals surface area contributed by atoms with Gasteiger partial charge in [-0.15, -0.1) is 0 Å². The van der Waals surface area contributed by atoms with Gasteiger partial charge in [-0.2, -0.15) is 0 Å². The minimum absolute atomic E-state index is 0.210. The molecule has 1 unspecified atom stereocenters. The van der Waals surface area contributed by atoms with E-state index in [1.807, 2.05) is 0 Å². The molecule has 2 saturated heterocycles. The van der Waals surface area contributed by atoms with E-state index in [4.69, 9.17) is 9.47 Å². The Kier molecular flexibility index (Phi) is 3.68. The van der Waals surface area contributed by atoms with Crippen LogP contribution in [0, 0.1) is 11.8 Å². The normalized spacial score (nSPS) is 31.9. The second-order valence-corrected chi connectivity index (χ2v) is 7.69. The molecule has 4 nitrogen and oxygen atoms in total. The van der Waals surface area contributed by atoms with Crippen LogP contribution in [0.25, 0.3) is 0 Å². The summed E-state index contributed by atoms with van der Waals surface area (Å²) in [6.07, 6.45) is 6.30. The Morgan fingerprint density at radius 1 is 1.27 bits per heavy atom. The Labute approximate surface area is 131 Å². The van der Waals surface area contributed by atoms with Crippen molar-refractivity contribution in [1.82, 2.24) is 4.90 Å². The molecule has 1 spiro atoms. The summed E-state index contributed by atoms with van der Waals surface area (Å²) in [5.41, 5.74) is -1.78. The molecule has 2 aliphatic heterocycles. The van der Waals surface area contributed by atoms with E-state index in [-0.39, 0.29) is 11.5 Å². The summed E-state index contributed by atoms with van der Waals surface area (Å²) in [6.45, 7) is 3.59. The maximum absolute atomic E-state index is 14.2. The molecule has 0 bridgehead atoms. The molecule has 1 amide bonds. The maximum Gasteiger partial charge on any atom is 0.260 e. The number of hydrogen-bond donors (Lipinski definition) is 0. The summed E-state index contributed by atoms with van der Waals surface area (Å²) in [5, 5.41) is 0. The largest absolute Gasteiger partial charge is 0.381 e. The van der Waals surface area contributed by atoms with E-state index < -0.39 is 5.67 Å². The van der Waals surface area contributed by atoms with Gasteiger partial charge in [-0.25, -0.2) is 4.39 Å². The van der Waals surface area contributed by atoms with Gasteiger partial charge in [-0.1, -0.05) is 0 Å². The molecular formula is C17H26FNO3. The van der Waals surface area contributed by atoms with Crippen LogP contribution >= 0.6 is 0 Å². The molecular weight excluding hydrogens is 285 g/mol. The van der Waals surface area contributed by atoms with Crippen molar-refractivity contribution in [3.05, 3.63) is 0 Å². The fourth-order valence-corrected chi connectivity index (χ4v) is 4.03. The van der Waals surface area contributed by atoms with E-state index in [0.717, 1.165) is 45.0 Å². The van der Waals surface area contributed by atoms with Crippen molar-refractivity contribution < 1.29 is 18.7 Å². The Morgan fingerprint density at radius 2 is 2.05 bits per heavy atom. The van der Waals surface area contributed by atoms with Gasteiger partial charge in [0, 0.05) is 19.8 Å². The summed E-state index contributed by atoms with van der Waals surface area (Å²) in [5.74, 6) is 0.949. The van der Waals surface area contributed by atoms with Crippen LogP contribution in [0.3, 0.4) is 0 Å². The lowest BCUT2D eigenvalue weighted by Gasteiger charge is -2.52. The number of nitrogens with zero attached hydrogens (tertiary/aromatic N) is 1. The summed E-state index contributed by atoms with van der Waals surface area (Å²) < 4.78 is 25.9. The van der Waals surface area contributed by atoms with E-state index in [1.54, 1.807) is 4.90 Å². The van der Waals surface area contributed by atoms with Gasteiger partial charge < -0.3 is 14.4 Å². The second kappa shape index (κ2) is 5.45. The molecule has 124 valence electrons. The number of halogens is 1. The van der Waals surface area contributed by atoms with Crippen molar-refractivity contribution in [1.29, 1.82) is 0 Å². The molecule has 1 atom stereocenters. The zero-order chi connectivity index (χ0) is 15.2. The van der Waals surface area contributed by atoms with E-state index in [1.165, 1.54) is 12.8 Å². The molecule has 4 fully saturated rings. The average Bonchev–Trinajstić information content (AvgIpc) is 3.16. The van der Waals surface area contributed by atoms with Crippen LogP contribution in [0.5, 0.6) is 0 Å². The second-order valence-electron chi connectivity index (χ2n) is 7.69. The SMILES string of the molecule is O=C(N1CC2(C1)OCCC2CCOCC1CC1)C1(F)CCC1. The third kappa shape index (κ3) is 2.56. The third-order valence-electron chi connectivity index (χ3n) is 5.99. The Morgan fingerprint density at radius 3 is 2.68 bits per heavy atom. The van der Waals surface area contributed by atoms with Crippen LogP contribution in [-0.2, 0) is 14.3 Å². The first kappa shape index (κ1) is 14.9. The number of rotatable bonds is 6. The summed E-state index contributed by atoms with van der Waals surface area (Å²) in [6, 6.07) is 0. The van der Waals surface area contributed by atoms with Gasteiger partial charge in [0.25, 0.3) is 5.91 Å². The number of ether oxygens (including phenoxy) is 2. The van der Waals surface area contributed by atoms with Gasteiger partial charge in [0.15, 0.2) is 5.67 Å². The minimum atomic E-state index is -1.57. The molecule has 22 heavy (non-hydrogen) atoms. The van der Waals surface area contributed by atoms with Crippen molar-refractivity contribution in [2.24, 2.45) is 11.8 Å². The van der Waals surface area contributed by atoms with Crippen molar-refractivity contribution in [2.45, 2.75) is 56.2 Å². The molecule has 0 aromatic carbocycles. The van der Waals surface area contributed by atoms with Crippen LogP contribution < -0.4 is 0 Å². The molecule has 0 aromatic rings. The lowest BCUT2D eigenvalue weighted by molar-refractivity contribution is -0.181. The number of alkyl halides is 1. The van der Waals surface area contributed by atoms with E-state index in [2.05, 4.69) is 0 Å². The first-order chi connectivity index (χ1) is 10.6. The standard InChI is InChI=1S/C17H26FNO3/c18-16(6-1-7-16)15(20)19-11-17(12-19)14(5-9-22-17)4-8-21-10-13-2-3-13/h13-14H,1-12H2. The van der Waals surface area contributed by atoms with Crippen molar-refractivity contribution >= 4 is 5.91 Å².